The molecule has 0 spiro atoms. The first-order chi connectivity index (χ1) is 10.1. The number of hydrogen-bond donors (Lipinski definition) is 1. The predicted octanol–water partition coefficient (Wildman–Crippen LogP) is 5.03. The van der Waals surface area contributed by atoms with Crippen LogP contribution in [0.1, 0.15) is 78.6 Å². The van der Waals surface area contributed by atoms with Crippen molar-refractivity contribution >= 4 is 0 Å². The van der Waals surface area contributed by atoms with Crippen LogP contribution < -0.4 is 5.32 Å². The Hall–Kier alpha value is -0.0800. The summed E-state index contributed by atoms with van der Waals surface area (Å²) in [5, 5.41) is 3.44. The minimum absolute atomic E-state index is 0.509. The average Bonchev–Trinajstić information content (AvgIpc) is 2.46. The Kier molecular flexibility index (Phi) is 9.59. The van der Waals surface area contributed by atoms with Gasteiger partial charge in [-0.2, -0.15) is 0 Å². The second kappa shape index (κ2) is 10.6. The lowest BCUT2D eigenvalue weighted by atomic mass is 9.68. The van der Waals surface area contributed by atoms with E-state index in [0.29, 0.717) is 5.41 Å². The maximum Gasteiger partial charge on any atom is 0.0471 e. The van der Waals surface area contributed by atoms with Crippen LogP contribution in [0.4, 0.5) is 0 Å². The molecule has 0 atom stereocenters. The molecule has 0 heterocycles. The highest BCUT2D eigenvalue weighted by Crippen LogP contribution is 2.42. The van der Waals surface area contributed by atoms with Crippen LogP contribution in [0.5, 0.6) is 0 Å². The Balaban J connectivity index is 2.28. The highest BCUT2D eigenvalue weighted by Gasteiger charge is 2.34. The normalized spacial score (nSPS) is 26.4. The summed E-state index contributed by atoms with van der Waals surface area (Å²) >= 11 is 0. The third-order valence-corrected chi connectivity index (χ3v) is 5.30. The van der Waals surface area contributed by atoms with Crippen molar-refractivity contribution in [3.63, 3.8) is 0 Å². The zero-order chi connectivity index (χ0) is 15.6. The molecule has 0 amide bonds. The zero-order valence-electron chi connectivity index (χ0n) is 15.0. The summed E-state index contributed by atoms with van der Waals surface area (Å²) in [7, 11) is 2.10. The average molecular weight is 298 g/mol. The molecule has 1 saturated carbocycles. The lowest BCUT2D eigenvalue weighted by Crippen LogP contribution is -2.37. The van der Waals surface area contributed by atoms with Crippen LogP contribution in [0.2, 0.25) is 0 Å². The molecule has 1 N–H and O–H groups in total. The van der Waals surface area contributed by atoms with Gasteiger partial charge in [-0.3, -0.25) is 0 Å². The standard InChI is InChI=1S/C19H39NO/c1-5-6-7-18-8-11-19(12-9-18,16-20-4)13-15-21-14-10-17(2)3/h17-18,20H,5-16H2,1-4H3. The fourth-order valence-electron chi connectivity index (χ4n) is 3.67. The van der Waals surface area contributed by atoms with Gasteiger partial charge < -0.3 is 10.1 Å². The van der Waals surface area contributed by atoms with Gasteiger partial charge in [0, 0.05) is 19.8 Å². The first-order valence-corrected chi connectivity index (χ1v) is 9.34. The summed E-state index contributed by atoms with van der Waals surface area (Å²) in [6.45, 7) is 9.90. The van der Waals surface area contributed by atoms with Crippen LogP contribution in [-0.4, -0.2) is 26.8 Å². The highest BCUT2D eigenvalue weighted by atomic mass is 16.5. The Labute approximate surface area is 133 Å². The van der Waals surface area contributed by atoms with E-state index in [4.69, 9.17) is 4.74 Å². The Morgan fingerprint density at radius 1 is 1.19 bits per heavy atom. The third kappa shape index (κ3) is 7.65. The summed E-state index contributed by atoms with van der Waals surface area (Å²) < 4.78 is 5.88. The quantitative estimate of drug-likeness (QED) is 0.540. The van der Waals surface area contributed by atoms with Gasteiger partial charge in [-0.15, -0.1) is 0 Å². The van der Waals surface area contributed by atoms with Gasteiger partial charge in [-0.1, -0.05) is 40.0 Å². The largest absolute Gasteiger partial charge is 0.381 e. The Morgan fingerprint density at radius 3 is 2.48 bits per heavy atom. The predicted molar refractivity (Wildman–Crippen MR) is 92.7 cm³/mol. The van der Waals surface area contributed by atoms with Gasteiger partial charge in [-0.25, -0.2) is 0 Å². The van der Waals surface area contributed by atoms with Crippen molar-refractivity contribution in [2.75, 3.05) is 26.8 Å². The SMILES string of the molecule is CCCCC1CCC(CCOCCC(C)C)(CNC)CC1. The third-order valence-electron chi connectivity index (χ3n) is 5.30. The molecule has 0 bridgehead atoms. The monoisotopic (exact) mass is 297 g/mol. The van der Waals surface area contributed by atoms with Crippen molar-refractivity contribution in [3.05, 3.63) is 0 Å². The van der Waals surface area contributed by atoms with Gasteiger partial charge in [0.25, 0.3) is 0 Å². The molecule has 2 heteroatoms. The van der Waals surface area contributed by atoms with Gasteiger partial charge >= 0.3 is 0 Å². The summed E-state index contributed by atoms with van der Waals surface area (Å²) in [6.07, 6.45) is 12.3. The first kappa shape index (κ1) is 19.0. The van der Waals surface area contributed by atoms with E-state index < -0.39 is 0 Å². The van der Waals surface area contributed by atoms with Crippen LogP contribution in [-0.2, 0) is 4.74 Å². The smallest absolute Gasteiger partial charge is 0.0471 e. The van der Waals surface area contributed by atoms with Crippen LogP contribution in [0.3, 0.4) is 0 Å². The molecular weight excluding hydrogens is 258 g/mol. The van der Waals surface area contributed by atoms with Crippen LogP contribution in [0.15, 0.2) is 0 Å². The second-order valence-corrected chi connectivity index (χ2v) is 7.66. The fourth-order valence-corrected chi connectivity index (χ4v) is 3.67. The number of rotatable bonds is 11. The minimum Gasteiger partial charge on any atom is -0.381 e. The zero-order valence-corrected chi connectivity index (χ0v) is 15.0. The van der Waals surface area contributed by atoms with Crippen LogP contribution in [0.25, 0.3) is 0 Å². The molecule has 0 unspecified atom stereocenters. The Bertz CT molecular complexity index is 244. The number of nitrogens with one attached hydrogen (secondary N) is 1. The molecule has 0 aliphatic heterocycles. The van der Waals surface area contributed by atoms with E-state index >= 15 is 0 Å². The molecule has 0 aromatic heterocycles. The van der Waals surface area contributed by atoms with Crippen LogP contribution >= 0.6 is 0 Å². The maximum absolute atomic E-state index is 5.88. The first-order valence-electron chi connectivity index (χ1n) is 9.34. The van der Waals surface area contributed by atoms with E-state index in [2.05, 4.69) is 33.1 Å². The van der Waals surface area contributed by atoms with Gasteiger partial charge in [0.2, 0.25) is 0 Å². The minimum atomic E-state index is 0.509. The van der Waals surface area contributed by atoms with E-state index in [0.717, 1.165) is 25.0 Å². The van der Waals surface area contributed by atoms with Crippen molar-refractivity contribution in [3.8, 4) is 0 Å². The number of ether oxygens (including phenoxy) is 1. The van der Waals surface area contributed by atoms with E-state index in [1.165, 1.54) is 64.3 Å². The molecule has 126 valence electrons. The molecule has 2 nitrogen and oxygen atoms in total. The molecule has 1 aliphatic rings. The molecule has 1 fully saturated rings. The van der Waals surface area contributed by atoms with Crippen molar-refractivity contribution in [2.24, 2.45) is 17.3 Å². The Morgan fingerprint density at radius 2 is 1.90 bits per heavy atom. The second-order valence-electron chi connectivity index (χ2n) is 7.66. The van der Waals surface area contributed by atoms with E-state index in [1.807, 2.05) is 0 Å². The summed E-state index contributed by atoms with van der Waals surface area (Å²) in [5.74, 6) is 1.75. The summed E-state index contributed by atoms with van der Waals surface area (Å²) in [6, 6.07) is 0. The molecule has 0 aromatic rings. The maximum atomic E-state index is 5.88. The van der Waals surface area contributed by atoms with Crippen LogP contribution in [0, 0.1) is 17.3 Å². The lowest BCUT2D eigenvalue weighted by molar-refractivity contribution is 0.0581. The van der Waals surface area contributed by atoms with E-state index in [-0.39, 0.29) is 0 Å². The van der Waals surface area contributed by atoms with Crippen molar-refractivity contribution in [1.82, 2.24) is 5.32 Å². The molecule has 0 aromatic carbocycles. The van der Waals surface area contributed by atoms with Crippen molar-refractivity contribution in [1.29, 1.82) is 0 Å². The topological polar surface area (TPSA) is 21.3 Å². The molecule has 0 radical (unpaired) electrons. The van der Waals surface area contributed by atoms with Gasteiger partial charge in [-0.05, 0) is 62.8 Å². The molecule has 21 heavy (non-hydrogen) atoms. The van der Waals surface area contributed by atoms with Gasteiger partial charge in [0.1, 0.15) is 0 Å². The summed E-state index contributed by atoms with van der Waals surface area (Å²) in [5.41, 5.74) is 0.509. The lowest BCUT2D eigenvalue weighted by Gasteiger charge is -2.40. The molecule has 1 aliphatic carbocycles. The van der Waals surface area contributed by atoms with Crippen molar-refractivity contribution < 1.29 is 4.74 Å². The fraction of sp³-hybridized carbons (Fsp3) is 1.00. The van der Waals surface area contributed by atoms with Crippen molar-refractivity contribution in [2.45, 2.75) is 78.6 Å². The highest BCUT2D eigenvalue weighted by molar-refractivity contribution is 4.87. The summed E-state index contributed by atoms with van der Waals surface area (Å²) in [4.78, 5) is 0. The van der Waals surface area contributed by atoms with Gasteiger partial charge in [0.05, 0.1) is 0 Å². The molecular formula is C19H39NO. The molecule has 0 saturated heterocycles. The number of hydrogen-bond acceptors (Lipinski definition) is 2. The number of unbranched alkanes of at least 4 members (excludes halogenated alkanes) is 1. The molecule has 1 rings (SSSR count). The van der Waals surface area contributed by atoms with E-state index in [1.54, 1.807) is 0 Å². The van der Waals surface area contributed by atoms with E-state index in [9.17, 15) is 0 Å². The van der Waals surface area contributed by atoms with Gasteiger partial charge in [0.15, 0.2) is 0 Å².